The topological polar surface area (TPSA) is 32.3 Å². The summed E-state index contributed by atoms with van der Waals surface area (Å²) in [5.74, 6) is -6.31. The number of hydrogen-bond donors (Lipinski definition) is 1. The first-order valence-corrected chi connectivity index (χ1v) is 5.60. The molecule has 3 aliphatic rings. The minimum Gasteiger partial charge on any atom is -0.346 e. The van der Waals surface area contributed by atoms with Gasteiger partial charge in [0.15, 0.2) is 0 Å². The van der Waals surface area contributed by atoms with E-state index < -0.39 is 24.3 Å². The van der Waals surface area contributed by atoms with E-state index in [1.807, 2.05) is 4.90 Å². The molecule has 1 atom stereocenters. The predicted molar refractivity (Wildman–Crippen MR) is 52.0 cm³/mol. The summed E-state index contributed by atoms with van der Waals surface area (Å²) in [5.41, 5.74) is 0. The third-order valence-corrected chi connectivity index (χ3v) is 3.55. The summed E-state index contributed by atoms with van der Waals surface area (Å²) in [7, 11) is 0. The first-order valence-electron chi connectivity index (χ1n) is 5.60. The van der Waals surface area contributed by atoms with Crippen LogP contribution in [0.5, 0.6) is 0 Å². The maximum atomic E-state index is 12.8. The molecule has 1 N–H and O–H groups in total. The van der Waals surface area contributed by atoms with Crippen LogP contribution >= 0.6 is 0 Å². The van der Waals surface area contributed by atoms with E-state index in [-0.39, 0.29) is 5.92 Å². The molecule has 3 rings (SSSR count). The van der Waals surface area contributed by atoms with Crippen LogP contribution in [0.1, 0.15) is 12.8 Å². The van der Waals surface area contributed by atoms with Crippen molar-refractivity contribution < 1.29 is 22.4 Å². The zero-order valence-electron chi connectivity index (χ0n) is 9.13. The highest BCUT2D eigenvalue weighted by Gasteiger charge is 2.50. The molecule has 0 spiro atoms. The van der Waals surface area contributed by atoms with Crippen molar-refractivity contribution >= 4 is 5.91 Å². The second kappa shape index (κ2) is 4.44. The molecule has 2 bridgehead atoms. The van der Waals surface area contributed by atoms with Gasteiger partial charge in [0.05, 0.1) is 0 Å². The molecule has 0 aliphatic carbocycles. The van der Waals surface area contributed by atoms with E-state index in [1.54, 1.807) is 0 Å². The molecule has 1 unspecified atom stereocenters. The van der Waals surface area contributed by atoms with Crippen molar-refractivity contribution in [1.82, 2.24) is 10.2 Å². The van der Waals surface area contributed by atoms with E-state index in [0.29, 0.717) is 6.54 Å². The van der Waals surface area contributed by atoms with Crippen molar-refractivity contribution in [3.8, 4) is 0 Å². The van der Waals surface area contributed by atoms with E-state index in [1.165, 1.54) is 0 Å². The van der Waals surface area contributed by atoms with Gasteiger partial charge in [0, 0.05) is 12.6 Å². The number of fused-ring (bicyclic) bond motifs is 3. The Kier molecular flexibility index (Phi) is 3.29. The van der Waals surface area contributed by atoms with Crippen LogP contribution < -0.4 is 5.32 Å². The van der Waals surface area contributed by atoms with Gasteiger partial charge in [0.2, 0.25) is 0 Å². The minimum atomic E-state index is -4.59. The number of alkyl halides is 4. The molecule has 1 amide bonds. The molecular weight excluding hydrogens is 240 g/mol. The average Bonchev–Trinajstić information content (AvgIpc) is 2.30. The van der Waals surface area contributed by atoms with Gasteiger partial charge in [-0.05, 0) is 31.8 Å². The monoisotopic (exact) mass is 254 g/mol. The van der Waals surface area contributed by atoms with Crippen molar-refractivity contribution in [3.05, 3.63) is 0 Å². The molecule has 17 heavy (non-hydrogen) atoms. The number of nitrogens with one attached hydrogen (secondary N) is 1. The lowest BCUT2D eigenvalue weighted by Crippen LogP contribution is -2.60. The van der Waals surface area contributed by atoms with Crippen molar-refractivity contribution in [1.29, 1.82) is 0 Å². The van der Waals surface area contributed by atoms with Crippen LogP contribution in [0, 0.1) is 5.92 Å². The van der Waals surface area contributed by atoms with Crippen molar-refractivity contribution in [2.75, 3.05) is 19.6 Å². The van der Waals surface area contributed by atoms with Crippen LogP contribution in [0.25, 0.3) is 0 Å². The van der Waals surface area contributed by atoms with E-state index in [9.17, 15) is 22.4 Å². The summed E-state index contributed by atoms with van der Waals surface area (Å²) in [6.07, 6.45) is -2.31. The molecule has 0 saturated carbocycles. The fourth-order valence-corrected chi connectivity index (χ4v) is 2.49. The minimum absolute atomic E-state index is 0.137. The fraction of sp³-hybridized carbons (Fsp3) is 0.900. The summed E-state index contributed by atoms with van der Waals surface area (Å²) in [6, 6.07) is -0.422. The Morgan fingerprint density at radius 3 is 2.29 bits per heavy atom. The van der Waals surface area contributed by atoms with Crippen LogP contribution in [-0.4, -0.2) is 48.8 Å². The largest absolute Gasteiger partial charge is 0.383 e. The first-order chi connectivity index (χ1) is 7.91. The molecule has 3 fully saturated rings. The third kappa shape index (κ3) is 2.38. The van der Waals surface area contributed by atoms with Crippen LogP contribution in [0.4, 0.5) is 17.6 Å². The molecule has 3 nitrogen and oxygen atoms in total. The van der Waals surface area contributed by atoms with Gasteiger partial charge in [0.25, 0.3) is 5.91 Å². The SMILES string of the molecule is O=C(NC1CN2CCC1CC2)C(F)(F)C(F)F. The van der Waals surface area contributed by atoms with Crippen molar-refractivity contribution in [3.63, 3.8) is 0 Å². The van der Waals surface area contributed by atoms with Crippen LogP contribution in [0.2, 0.25) is 0 Å². The maximum absolute atomic E-state index is 12.8. The number of carbonyl (C=O) groups excluding carboxylic acids is 1. The average molecular weight is 254 g/mol. The number of rotatable bonds is 3. The molecule has 0 aromatic heterocycles. The third-order valence-electron chi connectivity index (χ3n) is 3.55. The zero-order valence-corrected chi connectivity index (χ0v) is 9.13. The fourth-order valence-electron chi connectivity index (χ4n) is 2.49. The van der Waals surface area contributed by atoms with Gasteiger partial charge in [-0.25, -0.2) is 8.78 Å². The Balaban J connectivity index is 1.95. The highest BCUT2D eigenvalue weighted by Crippen LogP contribution is 2.29. The molecule has 3 saturated heterocycles. The van der Waals surface area contributed by atoms with Crippen molar-refractivity contribution in [2.24, 2.45) is 5.92 Å². The summed E-state index contributed by atoms with van der Waals surface area (Å²) in [6.45, 7) is 2.26. The van der Waals surface area contributed by atoms with Gasteiger partial charge in [-0.2, -0.15) is 8.78 Å². The molecule has 0 aromatic carbocycles. The Hall–Kier alpha value is -0.850. The van der Waals surface area contributed by atoms with Crippen LogP contribution in [-0.2, 0) is 4.79 Å². The Morgan fingerprint density at radius 1 is 1.29 bits per heavy atom. The lowest BCUT2D eigenvalue weighted by atomic mass is 9.84. The van der Waals surface area contributed by atoms with Crippen molar-refractivity contribution in [2.45, 2.75) is 31.2 Å². The second-order valence-corrected chi connectivity index (χ2v) is 4.64. The molecule has 3 heterocycles. The molecule has 7 heteroatoms. The van der Waals surface area contributed by atoms with Crippen LogP contribution in [0.15, 0.2) is 0 Å². The lowest BCUT2D eigenvalue weighted by Gasteiger charge is -2.45. The summed E-state index contributed by atoms with van der Waals surface area (Å²) in [4.78, 5) is 13.1. The standard InChI is InChI=1S/C10H14F4N2O/c11-8(12)10(13,14)9(17)15-7-5-16-3-1-6(7)2-4-16/h6-8H,1-5H2,(H,15,17). The first kappa shape index (κ1) is 12.6. The van der Waals surface area contributed by atoms with Gasteiger partial charge < -0.3 is 10.2 Å². The quantitative estimate of drug-likeness (QED) is 0.765. The van der Waals surface area contributed by atoms with Gasteiger partial charge in [-0.15, -0.1) is 0 Å². The molecule has 98 valence electrons. The summed E-state index contributed by atoms with van der Waals surface area (Å²) in [5, 5.41) is 2.06. The molecule has 0 radical (unpaired) electrons. The number of amides is 1. The highest BCUT2D eigenvalue weighted by molar-refractivity contribution is 5.84. The van der Waals surface area contributed by atoms with Gasteiger partial charge in [-0.3, -0.25) is 4.79 Å². The van der Waals surface area contributed by atoms with Gasteiger partial charge in [-0.1, -0.05) is 0 Å². The smallest absolute Gasteiger partial charge is 0.346 e. The molecular formula is C10H14F4N2O. The number of piperidine rings is 3. The Labute approximate surface area is 96.1 Å². The van der Waals surface area contributed by atoms with Gasteiger partial charge in [0.1, 0.15) is 0 Å². The Morgan fingerprint density at radius 2 is 1.88 bits per heavy atom. The molecule has 0 aromatic rings. The number of hydrogen-bond acceptors (Lipinski definition) is 2. The number of halogens is 4. The van der Waals surface area contributed by atoms with E-state index >= 15 is 0 Å². The Bertz CT molecular complexity index is 303. The summed E-state index contributed by atoms with van der Waals surface area (Å²) < 4.78 is 49.5. The van der Waals surface area contributed by atoms with Crippen LogP contribution in [0.3, 0.4) is 0 Å². The highest BCUT2D eigenvalue weighted by atomic mass is 19.3. The van der Waals surface area contributed by atoms with Gasteiger partial charge >= 0.3 is 12.3 Å². The summed E-state index contributed by atoms with van der Waals surface area (Å²) >= 11 is 0. The predicted octanol–water partition coefficient (Wildman–Crippen LogP) is 1.10. The molecule has 3 aliphatic heterocycles. The number of carbonyl (C=O) groups is 1. The second-order valence-electron chi connectivity index (χ2n) is 4.64. The number of nitrogens with zero attached hydrogens (tertiary/aromatic N) is 1. The zero-order chi connectivity index (χ0) is 12.6. The van der Waals surface area contributed by atoms with E-state index in [2.05, 4.69) is 5.32 Å². The normalized spacial score (nSPS) is 32.9. The van der Waals surface area contributed by atoms with E-state index in [0.717, 1.165) is 25.9 Å². The lowest BCUT2D eigenvalue weighted by molar-refractivity contribution is -0.171. The van der Waals surface area contributed by atoms with E-state index in [4.69, 9.17) is 0 Å². The maximum Gasteiger partial charge on any atom is 0.383 e.